The highest BCUT2D eigenvalue weighted by Gasteiger charge is 2.72. The summed E-state index contributed by atoms with van der Waals surface area (Å²) in [6.07, 6.45) is -15.3. The minimum absolute atomic E-state index is 0.123. The SMILES string of the molecule is CC(=O)OC[C@H]1O[C@@H](OC[C@H]2O[C@@H](O[C@@](C)(CCC=C(C)C)[C@H]3CC[C@]4(C)[C@@H]3[C@H](O)C[C@@H]3[C@@]5(C)CC[C@H](O[C@@H]6O[C@H](CO)[C@@H](O)[C@H](O)[C@H]6O)C(C)(C)[C@@H]5CC[C@]34C)[C@H](O)[C@@H](O)[C@@H]2O)[C@H](O)[C@@H](O)[C@@H]1O. The van der Waals surface area contributed by atoms with Gasteiger partial charge in [-0.2, -0.15) is 0 Å². The van der Waals surface area contributed by atoms with Crippen molar-refractivity contribution in [1.82, 2.24) is 0 Å². The fourth-order valence-electron chi connectivity index (χ4n) is 15.0. The van der Waals surface area contributed by atoms with Crippen molar-refractivity contribution in [2.45, 2.75) is 230 Å². The number of aliphatic hydroxyl groups excluding tert-OH is 11. The van der Waals surface area contributed by atoms with Crippen LogP contribution in [0.4, 0.5) is 0 Å². The number of aliphatic hydroxyl groups is 11. The molecule has 19 nitrogen and oxygen atoms in total. The Balaban J connectivity index is 1.10. The Morgan fingerprint density at radius 1 is 0.652 bits per heavy atom. The van der Waals surface area contributed by atoms with Gasteiger partial charge in [0, 0.05) is 6.92 Å². The Labute approximate surface area is 406 Å². The third kappa shape index (κ3) is 9.87. The van der Waals surface area contributed by atoms with Crippen molar-refractivity contribution in [3.8, 4) is 0 Å². The maximum Gasteiger partial charge on any atom is 0.302 e. The van der Waals surface area contributed by atoms with Crippen molar-refractivity contribution in [2.24, 2.45) is 45.3 Å². The van der Waals surface area contributed by atoms with Crippen LogP contribution in [0, 0.1) is 45.3 Å². The van der Waals surface area contributed by atoms with Gasteiger partial charge in [0.1, 0.15) is 79.9 Å². The lowest BCUT2D eigenvalue weighted by molar-refractivity contribution is -0.350. The number of carbonyl (C=O) groups is 1. The van der Waals surface area contributed by atoms with Crippen molar-refractivity contribution >= 4 is 5.97 Å². The molecule has 0 unspecified atom stereocenters. The zero-order valence-electron chi connectivity index (χ0n) is 41.9. The highest BCUT2D eigenvalue weighted by molar-refractivity contribution is 5.65. The summed E-state index contributed by atoms with van der Waals surface area (Å²) in [5.74, 6) is -0.828. The molecule has 7 aliphatic rings. The second-order valence-corrected chi connectivity index (χ2v) is 23.6. The molecule has 3 aliphatic heterocycles. The Kier molecular flexibility index (Phi) is 16.6. The molecule has 0 aromatic heterocycles. The van der Waals surface area contributed by atoms with E-state index in [4.69, 9.17) is 33.2 Å². The standard InChI is InChI=1S/C50H84O19/c1-23(2)11-10-15-50(9,69-45-42(62)39(59)36(56)29(67-45)22-64-43-40(60)38(58)35(55)28(66-43)21-63-24(3)52)25-12-17-49(8)33(25)26(53)19-31-47(6)16-14-32(46(4,5)30(47)13-18-48(31,49)7)68-44-41(61)37(57)34(54)27(20-51)65-44/h11,25-45,51,53-62H,10,12-22H2,1-9H3/t25-,26+,27+,28+,29+,30-,31+,32-,33-,34+,35+,36+,37-,38-,39-,40+,41+,42+,43+,44-,45-,47-,48+,49+,50-/m0/s1. The summed E-state index contributed by atoms with van der Waals surface area (Å²) in [6, 6.07) is 0. The van der Waals surface area contributed by atoms with E-state index >= 15 is 0 Å². The normalized spacial score (nSPS) is 50.5. The van der Waals surface area contributed by atoms with Gasteiger partial charge in [-0.05, 0) is 124 Å². The number of fused-ring (bicyclic) bond motifs is 5. The molecular weight excluding hydrogens is 905 g/mol. The lowest BCUT2D eigenvalue weighted by Gasteiger charge is -2.71. The Morgan fingerprint density at radius 3 is 1.81 bits per heavy atom. The van der Waals surface area contributed by atoms with Crippen molar-refractivity contribution in [1.29, 1.82) is 0 Å². The highest BCUT2D eigenvalue weighted by Crippen LogP contribution is 2.76. The van der Waals surface area contributed by atoms with Crippen LogP contribution in [0.5, 0.6) is 0 Å². The maximum atomic E-state index is 12.7. The summed E-state index contributed by atoms with van der Waals surface area (Å²) < 4.78 is 41.9. The van der Waals surface area contributed by atoms with Crippen LogP contribution in [0.2, 0.25) is 0 Å². The molecular formula is C50H84O19. The molecule has 19 heteroatoms. The number of hydrogen-bond acceptors (Lipinski definition) is 19. The fraction of sp³-hybridized carbons (Fsp3) is 0.940. The molecule has 0 radical (unpaired) electrons. The molecule has 0 aromatic rings. The number of ether oxygens (including phenoxy) is 7. The molecule has 4 aliphatic carbocycles. The van der Waals surface area contributed by atoms with Gasteiger partial charge < -0.3 is 89.3 Å². The molecule has 7 fully saturated rings. The van der Waals surface area contributed by atoms with E-state index in [2.05, 4.69) is 40.7 Å². The highest BCUT2D eigenvalue weighted by atomic mass is 16.7. The second-order valence-electron chi connectivity index (χ2n) is 23.6. The van der Waals surface area contributed by atoms with Crippen molar-refractivity contribution in [2.75, 3.05) is 19.8 Å². The van der Waals surface area contributed by atoms with Crippen LogP contribution in [0.25, 0.3) is 0 Å². The van der Waals surface area contributed by atoms with E-state index in [-0.39, 0.29) is 46.0 Å². The molecule has 4 saturated carbocycles. The van der Waals surface area contributed by atoms with Gasteiger partial charge in [0.15, 0.2) is 18.9 Å². The van der Waals surface area contributed by atoms with E-state index in [1.807, 2.05) is 20.8 Å². The third-order valence-corrected chi connectivity index (χ3v) is 19.0. The molecule has 3 heterocycles. The van der Waals surface area contributed by atoms with Crippen LogP contribution in [-0.2, 0) is 38.0 Å². The first-order chi connectivity index (χ1) is 32.2. The van der Waals surface area contributed by atoms with Crippen molar-refractivity contribution in [3.05, 3.63) is 11.6 Å². The molecule has 3 saturated heterocycles. The second kappa shape index (κ2) is 20.7. The average Bonchev–Trinajstić information content (AvgIpc) is 3.67. The Bertz CT molecular complexity index is 1800. The van der Waals surface area contributed by atoms with Crippen LogP contribution in [0.15, 0.2) is 11.6 Å². The van der Waals surface area contributed by atoms with Crippen LogP contribution in [0.3, 0.4) is 0 Å². The Hall–Kier alpha value is -1.47. The monoisotopic (exact) mass is 989 g/mol. The van der Waals surface area contributed by atoms with Gasteiger partial charge >= 0.3 is 5.97 Å². The first-order valence-corrected chi connectivity index (χ1v) is 25.3. The van der Waals surface area contributed by atoms with Gasteiger partial charge in [-0.3, -0.25) is 4.79 Å². The summed E-state index contributed by atoms with van der Waals surface area (Å²) in [5.41, 5.74) is -1.13. The van der Waals surface area contributed by atoms with Crippen LogP contribution in [0.1, 0.15) is 120 Å². The molecule has 0 aromatic carbocycles. The molecule has 0 amide bonds. The van der Waals surface area contributed by atoms with Crippen LogP contribution < -0.4 is 0 Å². The van der Waals surface area contributed by atoms with E-state index in [0.29, 0.717) is 32.1 Å². The summed E-state index contributed by atoms with van der Waals surface area (Å²) in [7, 11) is 0. The van der Waals surface area contributed by atoms with Gasteiger partial charge in [0.05, 0.1) is 31.0 Å². The lowest BCUT2D eigenvalue weighted by atomic mass is 9.35. The molecule has 0 bridgehead atoms. The summed E-state index contributed by atoms with van der Waals surface area (Å²) in [5, 5.41) is 120. The van der Waals surface area contributed by atoms with Crippen molar-refractivity contribution < 1.29 is 94.1 Å². The van der Waals surface area contributed by atoms with E-state index < -0.39 is 135 Å². The molecule has 25 atom stereocenters. The van der Waals surface area contributed by atoms with E-state index in [9.17, 15) is 61.0 Å². The first-order valence-electron chi connectivity index (χ1n) is 25.3. The zero-order valence-corrected chi connectivity index (χ0v) is 41.9. The minimum atomic E-state index is -1.74. The molecule has 11 N–H and O–H groups in total. The third-order valence-electron chi connectivity index (χ3n) is 19.0. The fourth-order valence-corrected chi connectivity index (χ4v) is 15.0. The summed E-state index contributed by atoms with van der Waals surface area (Å²) in [4.78, 5) is 11.4. The van der Waals surface area contributed by atoms with E-state index in [1.165, 1.54) is 0 Å². The predicted molar refractivity (Wildman–Crippen MR) is 243 cm³/mol. The largest absolute Gasteiger partial charge is 0.463 e. The molecule has 398 valence electrons. The van der Waals surface area contributed by atoms with Gasteiger partial charge in [0.2, 0.25) is 0 Å². The number of hydrogen-bond donors (Lipinski definition) is 11. The van der Waals surface area contributed by atoms with Crippen molar-refractivity contribution in [3.63, 3.8) is 0 Å². The molecule has 0 spiro atoms. The van der Waals surface area contributed by atoms with E-state index in [1.54, 1.807) is 0 Å². The quantitative estimate of drug-likeness (QED) is 0.0643. The number of esters is 1. The van der Waals surface area contributed by atoms with Crippen LogP contribution in [-0.4, -0.2) is 192 Å². The average molecular weight is 989 g/mol. The Morgan fingerprint density at radius 2 is 1.20 bits per heavy atom. The van der Waals surface area contributed by atoms with Gasteiger partial charge in [-0.1, -0.05) is 46.3 Å². The molecule has 7 rings (SSSR count). The summed E-state index contributed by atoms with van der Waals surface area (Å²) in [6.45, 7) is 17.1. The number of rotatable bonds is 14. The number of allylic oxidation sites excluding steroid dienone is 2. The topological polar surface area (TPSA) is 304 Å². The smallest absolute Gasteiger partial charge is 0.302 e. The van der Waals surface area contributed by atoms with Crippen LogP contribution >= 0.6 is 0 Å². The van der Waals surface area contributed by atoms with Gasteiger partial charge in [-0.15, -0.1) is 0 Å². The van der Waals surface area contributed by atoms with Gasteiger partial charge in [-0.25, -0.2) is 0 Å². The van der Waals surface area contributed by atoms with E-state index in [0.717, 1.165) is 38.2 Å². The maximum absolute atomic E-state index is 12.7. The minimum Gasteiger partial charge on any atom is -0.463 e. The first kappa shape index (κ1) is 55.3. The van der Waals surface area contributed by atoms with Gasteiger partial charge in [0.25, 0.3) is 0 Å². The predicted octanol–water partition coefficient (Wildman–Crippen LogP) is 0.544. The number of carbonyl (C=O) groups excluding carboxylic acids is 1. The lowest BCUT2D eigenvalue weighted by Crippen LogP contribution is -2.67. The zero-order chi connectivity index (χ0) is 50.9. The molecule has 69 heavy (non-hydrogen) atoms. The summed E-state index contributed by atoms with van der Waals surface area (Å²) >= 11 is 0.